The minimum Gasteiger partial charge on any atom is -0.481 e. The average molecular weight is 711 g/mol. The second-order valence-corrected chi connectivity index (χ2v) is 13.4. The number of aromatic nitrogens is 3. The maximum Gasteiger partial charge on any atom is 0.220 e. The fraction of sp³-hybridized carbons (Fsp3) is 0.289. The lowest BCUT2D eigenvalue weighted by molar-refractivity contribution is -0.120. The van der Waals surface area contributed by atoms with Crippen LogP contribution in [0.5, 0.6) is 5.88 Å². The van der Waals surface area contributed by atoms with Gasteiger partial charge in [0.15, 0.2) is 0 Å². The predicted molar refractivity (Wildman–Crippen MR) is 196 cm³/mol. The number of rotatable bonds is 12. The maximum absolute atomic E-state index is 11.5. The molecule has 7 rings (SSSR count). The van der Waals surface area contributed by atoms with E-state index in [2.05, 4.69) is 44.5 Å². The summed E-state index contributed by atoms with van der Waals surface area (Å²) in [4.78, 5) is 37.1. The van der Waals surface area contributed by atoms with Gasteiger partial charge in [-0.15, -0.1) is 0 Å². The Bertz CT molecular complexity index is 2070. The molecule has 2 fully saturated rings. The molecule has 2 saturated heterocycles. The lowest BCUT2D eigenvalue weighted by atomic mass is 9.99. The summed E-state index contributed by atoms with van der Waals surface area (Å²) in [6, 6.07) is 20.1. The third-order valence-electron chi connectivity index (χ3n) is 9.20. The number of benzene rings is 2. The molecule has 0 bridgehead atoms. The Morgan fingerprint density at radius 3 is 2.26 bits per heavy atom. The maximum atomic E-state index is 11.5. The number of amides is 2. The van der Waals surface area contributed by atoms with Crippen molar-refractivity contribution >= 4 is 45.9 Å². The molecule has 12 heteroatoms. The number of nitrogens with zero attached hydrogens (tertiary/aromatic N) is 3. The molecule has 5 heterocycles. The van der Waals surface area contributed by atoms with Gasteiger partial charge in [0.2, 0.25) is 17.7 Å². The molecule has 3 aromatic heterocycles. The van der Waals surface area contributed by atoms with E-state index in [0.717, 1.165) is 63.7 Å². The average Bonchev–Trinajstić information content (AvgIpc) is 3.75. The first-order valence-corrected chi connectivity index (χ1v) is 17.5. The van der Waals surface area contributed by atoms with Crippen molar-refractivity contribution in [1.29, 1.82) is 0 Å². The van der Waals surface area contributed by atoms with E-state index in [4.69, 9.17) is 37.9 Å². The van der Waals surface area contributed by atoms with Gasteiger partial charge in [0.25, 0.3) is 0 Å². The van der Waals surface area contributed by atoms with E-state index in [1.165, 1.54) is 0 Å². The number of pyridine rings is 3. The van der Waals surface area contributed by atoms with E-state index >= 15 is 0 Å². The smallest absolute Gasteiger partial charge is 0.220 e. The Balaban J connectivity index is 1.08. The van der Waals surface area contributed by atoms with Crippen molar-refractivity contribution in [2.75, 3.05) is 20.2 Å². The second kappa shape index (κ2) is 15.1. The third-order valence-corrected chi connectivity index (χ3v) is 9.99. The van der Waals surface area contributed by atoms with Gasteiger partial charge in [0.1, 0.15) is 0 Å². The van der Waals surface area contributed by atoms with Crippen molar-refractivity contribution in [3.8, 4) is 39.5 Å². The number of halogens is 2. The quantitative estimate of drug-likeness (QED) is 0.123. The molecule has 0 spiro atoms. The van der Waals surface area contributed by atoms with Crippen LogP contribution in [0.3, 0.4) is 0 Å². The molecule has 4 N–H and O–H groups in total. The Labute approximate surface area is 300 Å². The van der Waals surface area contributed by atoms with E-state index in [0.29, 0.717) is 59.8 Å². The highest BCUT2D eigenvalue weighted by molar-refractivity contribution is 6.39. The van der Waals surface area contributed by atoms with Crippen molar-refractivity contribution in [2.24, 2.45) is 0 Å². The van der Waals surface area contributed by atoms with E-state index in [1.807, 2.05) is 42.5 Å². The van der Waals surface area contributed by atoms with Crippen LogP contribution in [-0.4, -0.2) is 59.0 Å². The zero-order valence-electron chi connectivity index (χ0n) is 27.6. The fourth-order valence-electron chi connectivity index (χ4n) is 6.56. The van der Waals surface area contributed by atoms with Gasteiger partial charge in [0, 0.05) is 96.7 Å². The van der Waals surface area contributed by atoms with Crippen molar-refractivity contribution in [1.82, 2.24) is 36.2 Å². The Morgan fingerprint density at radius 2 is 1.54 bits per heavy atom. The van der Waals surface area contributed by atoms with Crippen LogP contribution in [0.2, 0.25) is 10.0 Å². The molecule has 0 aliphatic carbocycles. The topological polar surface area (TPSA) is 130 Å². The van der Waals surface area contributed by atoms with Crippen LogP contribution in [0, 0.1) is 0 Å². The predicted octanol–water partition coefficient (Wildman–Crippen LogP) is 6.08. The molecule has 2 aliphatic heterocycles. The highest BCUT2D eigenvalue weighted by Crippen LogP contribution is 2.42. The number of carbonyl (C=O) groups is 2. The summed E-state index contributed by atoms with van der Waals surface area (Å²) in [6.07, 6.45) is 6.39. The molecular weight excluding hydrogens is 673 g/mol. The largest absolute Gasteiger partial charge is 0.481 e. The number of hydrogen-bond donors (Lipinski definition) is 4. The summed E-state index contributed by atoms with van der Waals surface area (Å²) in [5, 5.41) is 14.7. The standard InChI is InChI=1S/C38H37Cl2N7O3/c1-50-38-24(18-42-21-27-9-12-34(49)46-27)7-10-31(47-38)30-4-2-3-28(35(30)39)29-13-14-43-37(36(29)40)25-16-23-6-5-22(15-32(23)44-19-25)17-41-20-26-8-11-33(48)45-26/h2-7,10,13-16,19,26-27,41-42H,8-9,11-12,17-18,20-21H2,1H3,(H,45,48)(H,46,49)/t26-,27+/m0/s1. The van der Waals surface area contributed by atoms with E-state index in [-0.39, 0.29) is 23.9 Å². The summed E-state index contributed by atoms with van der Waals surface area (Å²) in [6.45, 7) is 2.66. The lowest BCUT2D eigenvalue weighted by Gasteiger charge is -2.15. The van der Waals surface area contributed by atoms with E-state index in [1.54, 1.807) is 19.5 Å². The van der Waals surface area contributed by atoms with Gasteiger partial charge in [-0.3, -0.25) is 19.6 Å². The number of carbonyl (C=O) groups excluding carboxylic acids is 2. The van der Waals surface area contributed by atoms with Crippen molar-refractivity contribution in [2.45, 2.75) is 50.9 Å². The molecule has 10 nitrogen and oxygen atoms in total. The van der Waals surface area contributed by atoms with E-state index in [9.17, 15) is 9.59 Å². The molecule has 256 valence electrons. The van der Waals surface area contributed by atoms with Gasteiger partial charge in [0.05, 0.1) is 34.1 Å². The number of nitrogens with one attached hydrogen (secondary N) is 4. The SMILES string of the molecule is COc1nc(-c2cccc(-c3ccnc(-c4cnc5cc(CNC[C@@H]6CCC(=O)N6)ccc5c4)c3Cl)c2Cl)ccc1CNC[C@H]1CCC(=O)N1. The Hall–Kier alpha value is -4.61. The fourth-order valence-corrected chi connectivity index (χ4v) is 7.21. The first-order valence-electron chi connectivity index (χ1n) is 16.7. The van der Waals surface area contributed by atoms with Crippen LogP contribution < -0.4 is 26.0 Å². The third kappa shape index (κ3) is 7.44. The molecule has 0 saturated carbocycles. The number of ether oxygens (including phenoxy) is 1. The van der Waals surface area contributed by atoms with Gasteiger partial charge in [-0.05, 0) is 42.7 Å². The number of fused-ring (bicyclic) bond motifs is 1. The number of methoxy groups -OCH3 is 1. The molecule has 2 amide bonds. The summed E-state index contributed by atoms with van der Waals surface area (Å²) < 4.78 is 5.65. The molecule has 50 heavy (non-hydrogen) atoms. The highest BCUT2D eigenvalue weighted by atomic mass is 35.5. The minimum absolute atomic E-state index is 0.0993. The van der Waals surface area contributed by atoms with Crippen LogP contribution in [-0.2, 0) is 22.7 Å². The van der Waals surface area contributed by atoms with Gasteiger partial charge in [-0.2, -0.15) is 0 Å². The molecule has 2 aromatic carbocycles. The monoisotopic (exact) mass is 709 g/mol. The van der Waals surface area contributed by atoms with Gasteiger partial charge >= 0.3 is 0 Å². The normalized spacial score (nSPS) is 17.3. The first-order chi connectivity index (χ1) is 24.4. The van der Waals surface area contributed by atoms with E-state index < -0.39 is 0 Å². The molecular formula is C38H37Cl2N7O3. The lowest BCUT2D eigenvalue weighted by Crippen LogP contribution is -2.35. The molecule has 0 radical (unpaired) electrons. The second-order valence-electron chi connectivity index (χ2n) is 12.7. The van der Waals surface area contributed by atoms with Crippen molar-refractivity contribution < 1.29 is 14.3 Å². The molecule has 0 unspecified atom stereocenters. The summed E-state index contributed by atoms with van der Waals surface area (Å²) in [5.74, 6) is 0.724. The first kappa shape index (κ1) is 33.9. The highest BCUT2D eigenvalue weighted by Gasteiger charge is 2.22. The number of hydrogen-bond acceptors (Lipinski definition) is 8. The minimum atomic E-state index is 0.0993. The summed E-state index contributed by atoms with van der Waals surface area (Å²) >= 11 is 14.1. The molecule has 2 atom stereocenters. The van der Waals surface area contributed by atoms with Crippen LogP contribution >= 0.6 is 23.2 Å². The van der Waals surface area contributed by atoms with Crippen LogP contribution in [0.4, 0.5) is 0 Å². The molecule has 5 aromatic rings. The van der Waals surface area contributed by atoms with Crippen LogP contribution in [0.15, 0.2) is 73.1 Å². The summed E-state index contributed by atoms with van der Waals surface area (Å²) in [7, 11) is 1.60. The van der Waals surface area contributed by atoms with Crippen LogP contribution in [0.1, 0.15) is 36.8 Å². The van der Waals surface area contributed by atoms with Gasteiger partial charge < -0.3 is 26.0 Å². The molecule has 2 aliphatic rings. The van der Waals surface area contributed by atoms with Crippen molar-refractivity contribution in [3.05, 3.63) is 94.2 Å². The Kier molecular flexibility index (Phi) is 10.2. The van der Waals surface area contributed by atoms with Crippen LogP contribution in [0.25, 0.3) is 44.5 Å². The Morgan fingerprint density at radius 1 is 0.820 bits per heavy atom. The van der Waals surface area contributed by atoms with Gasteiger partial charge in [-0.25, -0.2) is 4.98 Å². The zero-order chi connectivity index (χ0) is 34.6. The summed E-state index contributed by atoms with van der Waals surface area (Å²) in [5.41, 5.74) is 7.22. The zero-order valence-corrected chi connectivity index (χ0v) is 29.1. The van der Waals surface area contributed by atoms with Gasteiger partial charge in [-0.1, -0.05) is 59.6 Å². The van der Waals surface area contributed by atoms with Crippen molar-refractivity contribution in [3.63, 3.8) is 0 Å².